The molecule has 0 amide bonds. The van der Waals surface area contributed by atoms with Crippen LogP contribution >= 0.6 is 0 Å². The zero-order valence-electron chi connectivity index (χ0n) is 17.3. The van der Waals surface area contributed by atoms with Crippen LogP contribution in [0.5, 0.6) is 11.5 Å². The summed E-state index contributed by atoms with van der Waals surface area (Å²) in [5.74, 6) is -2.20. The maximum absolute atomic E-state index is 12.4. The Hall–Kier alpha value is -2.57. The Bertz CT molecular complexity index is 821. The van der Waals surface area contributed by atoms with E-state index < -0.39 is 11.8 Å². The van der Waals surface area contributed by atoms with Crippen LogP contribution in [0.25, 0.3) is 0 Å². The third-order valence-electron chi connectivity index (χ3n) is 4.77. The predicted octanol–water partition coefficient (Wildman–Crippen LogP) is 4.22. The SMILES string of the molecule is CCOC1(c2cc(O)ccc2O)C=C(CC/C=C(\C)CC/C=C(\C)CO)C(=O)O1. The van der Waals surface area contributed by atoms with Gasteiger partial charge in [-0.1, -0.05) is 23.3 Å². The molecule has 0 fully saturated rings. The second-order valence-corrected chi connectivity index (χ2v) is 7.20. The molecular formula is C23H30O6. The van der Waals surface area contributed by atoms with Crippen molar-refractivity contribution in [3.8, 4) is 11.5 Å². The van der Waals surface area contributed by atoms with Gasteiger partial charge in [-0.2, -0.15) is 0 Å². The first-order valence-electron chi connectivity index (χ1n) is 9.85. The molecule has 158 valence electrons. The molecule has 0 saturated heterocycles. The number of carbonyl (C=O) groups is 1. The highest BCUT2D eigenvalue weighted by molar-refractivity contribution is 5.91. The number of ether oxygens (including phenoxy) is 2. The number of phenols is 2. The molecule has 0 bridgehead atoms. The number of aliphatic hydroxyl groups is 1. The van der Waals surface area contributed by atoms with Crippen molar-refractivity contribution in [1.29, 1.82) is 0 Å². The van der Waals surface area contributed by atoms with Crippen molar-refractivity contribution in [2.75, 3.05) is 13.2 Å². The molecule has 6 heteroatoms. The second kappa shape index (κ2) is 10.3. The van der Waals surface area contributed by atoms with Crippen LogP contribution in [0.4, 0.5) is 0 Å². The largest absolute Gasteiger partial charge is 0.508 e. The highest BCUT2D eigenvalue weighted by Gasteiger charge is 2.44. The van der Waals surface area contributed by atoms with Crippen molar-refractivity contribution in [1.82, 2.24) is 0 Å². The van der Waals surface area contributed by atoms with E-state index in [1.807, 2.05) is 19.9 Å². The lowest BCUT2D eigenvalue weighted by Gasteiger charge is -2.27. The van der Waals surface area contributed by atoms with Gasteiger partial charge in [-0.05, 0) is 64.7 Å². The molecule has 0 saturated carbocycles. The fourth-order valence-corrected chi connectivity index (χ4v) is 3.18. The van der Waals surface area contributed by atoms with Crippen molar-refractivity contribution in [3.63, 3.8) is 0 Å². The Labute approximate surface area is 171 Å². The summed E-state index contributed by atoms with van der Waals surface area (Å²) in [6.45, 7) is 6.03. The van der Waals surface area contributed by atoms with Gasteiger partial charge in [0.1, 0.15) is 11.5 Å². The number of phenolic OH excluding ortho intramolecular Hbond substituents is 2. The molecule has 1 atom stereocenters. The number of aromatic hydroxyl groups is 2. The number of hydrogen-bond donors (Lipinski definition) is 3. The zero-order chi connectivity index (χ0) is 21.4. The molecule has 1 unspecified atom stereocenters. The predicted molar refractivity (Wildman–Crippen MR) is 110 cm³/mol. The second-order valence-electron chi connectivity index (χ2n) is 7.20. The highest BCUT2D eigenvalue weighted by Crippen LogP contribution is 2.42. The molecule has 29 heavy (non-hydrogen) atoms. The zero-order valence-corrected chi connectivity index (χ0v) is 17.3. The van der Waals surface area contributed by atoms with E-state index in [-0.39, 0.29) is 30.3 Å². The van der Waals surface area contributed by atoms with Gasteiger partial charge < -0.3 is 24.8 Å². The summed E-state index contributed by atoms with van der Waals surface area (Å²) in [5, 5.41) is 29.0. The molecular weight excluding hydrogens is 372 g/mol. The third-order valence-corrected chi connectivity index (χ3v) is 4.77. The quantitative estimate of drug-likeness (QED) is 0.308. The maximum Gasteiger partial charge on any atom is 0.336 e. The van der Waals surface area contributed by atoms with E-state index in [9.17, 15) is 15.0 Å². The van der Waals surface area contributed by atoms with E-state index >= 15 is 0 Å². The normalized spacial score (nSPS) is 20.0. The first kappa shape index (κ1) is 22.7. The summed E-state index contributed by atoms with van der Waals surface area (Å²) in [6.07, 6.45) is 8.60. The van der Waals surface area contributed by atoms with E-state index in [1.165, 1.54) is 23.8 Å². The first-order chi connectivity index (χ1) is 13.8. The van der Waals surface area contributed by atoms with Gasteiger partial charge in [0.05, 0.1) is 12.2 Å². The summed E-state index contributed by atoms with van der Waals surface area (Å²) in [4.78, 5) is 12.4. The molecule has 0 spiro atoms. The number of rotatable bonds is 10. The number of hydrogen-bond acceptors (Lipinski definition) is 6. The number of allylic oxidation sites excluding steroid dienone is 3. The van der Waals surface area contributed by atoms with E-state index in [2.05, 4.69) is 6.08 Å². The van der Waals surface area contributed by atoms with Crippen LogP contribution in [0.3, 0.4) is 0 Å². The first-order valence-corrected chi connectivity index (χ1v) is 9.85. The van der Waals surface area contributed by atoms with E-state index in [4.69, 9.17) is 14.6 Å². The summed E-state index contributed by atoms with van der Waals surface area (Å²) >= 11 is 0. The Morgan fingerprint density at radius 3 is 2.59 bits per heavy atom. The van der Waals surface area contributed by atoms with Crippen LogP contribution in [0.2, 0.25) is 0 Å². The standard InChI is InChI=1S/C23H30O6/c1-4-28-23(20-13-19(25)11-12-21(20)26)14-18(22(27)29-23)10-6-8-16(2)7-5-9-17(3)15-24/h8-9,11-14,24-26H,4-7,10,15H2,1-3H3/b16-8+,17-9+. The van der Waals surface area contributed by atoms with Crippen molar-refractivity contribution in [2.24, 2.45) is 0 Å². The van der Waals surface area contributed by atoms with Crippen molar-refractivity contribution in [3.05, 3.63) is 58.7 Å². The molecule has 0 aliphatic carbocycles. The Kier molecular flexibility index (Phi) is 8.05. The van der Waals surface area contributed by atoms with Gasteiger partial charge in [0.15, 0.2) is 0 Å². The van der Waals surface area contributed by atoms with E-state index in [0.717, 1.165) is 18.4 Å². The van der Waals surface area contributed by atoms with Gasteiger partial charge in [0.2, 0.25) is 0 Å². The van der Waals surface area contributed by atoms with Crippen LogP contribution in [0.1, 0.15) is 52.0 Å². The Morgan fingerprint density at radius 2 is 1.90 bits per heavy atom. The molecule has 2 rings (SSSR count). The lowest BCUT2D eigenvalue weighted by molar-refractivity contribution is -0.202. The third kappa shape index (κ3) is 5.95. The van der Waals surface area contributed by atoms with Gasteiger partial charge >= 0.3 is 5.97 Å². The molecule has 1 aromatic rings. The minimum Gasteiger partial charge on any atom is -0.508 e. The number of esters is 1. The average molecular weight is 402 g/mol. The van der Waals surface area contributed by atoms with Crippen LogP contribution in [0, 0.1) is 0 Å². The van der Waals surface area contributed by atoms with Crippen LogP contribution in [0.15, 0.2) is 53.1 Å². The monoisotopic (exact) mass is 402 g/mol. The van der Waals surface area contributed by atoms with E-state index in [1.54, 1.807) is 13.0 Å². The lowest BCUT2D eigenvalue weighted by atomic mass is 10.0. The molecule has 1 heterocycles. The van der Waals surface area contributed by atoms with Crippen LogP contribution in [-0.4, -0.2) is 34.5 Å². The van der Waals surface area contributed by atoms with Gasteiger partial charge in [-0.15, -0.1) is 0 Å². The van der Waals surface area contributed by atoms with Gasteiger partial charge in [-0.25, -0.2) is 4.79 Å². The van der Waals surface area contributed by atoms with Gasteiger partial charge in [-0.3, -0.25) is 0 Å². The van der Waals surface area contributed by atoms with Crippen LogP contribution in [-0.2, 0) is 20.1 Å². The molecule has 6 nitrogen and oxygen atoms in total. The minimum atomic E-state index is -1.53. The highest BCUT2D eigenvalue weighted by atomic mass is 16.7. The number of benzene rings is 1. The average Bonchev–Trinajstić information content (AvgIpc) is 3.00. The lowest BCUT2D eigenvalue weighted by Crippen LogP contribution is -2.29. The fourth-order valence-electron chi connectivity index (χ4n) is 3.18. The molecule has 1 aliphatic heterocycles. The molecule has 1 aromatic carbocycles. The summed E-state index contributed by atoms with van der Waals surface area (Å²) in [5.41, 5.74) is 2.83. The van der Waals surface area contributed by atoms with Crippen molar-refractivity contribution >= 4 is 5.97 Å². The molecule has 0 aromatic heterocycles. The molecule has 0 radical (unpaired) electrons. The fraction of sp³-hybridized carbons (Fsp3) is 0.435. The number of aliphatic hydroxyl groups excluding tert-OH is 1. The van der Waals surface area contributed by atoms with E-state index in [0.29, 0.717) is 18.4 Å². The topological polar surface area (TPSA) is 96.2 Å². The van der Waals surface area contributed by atoms with Crippen molar-refractivity contribution < 1.29 is 29.6 Å². The number of carbonyl (C=O) groups excluding carboxylic acids is 1. The summed E-state index contributed by atoms with van der Waals surface area (Å²) in [7, 11) is 0. The van der Waals surface area contributed by atoms with Crippen molar-refractivity contribution in [2.45, 2.75) is 52.2 Å². The van der Waals surface area contributed by atoms with Gasteiger partial charge in [0, 0.05) is 18.3 Å². The minimum absolute atomic E-state index is 0.0566. The Balaban J connectivity index is 2.11. The van der Waals surface area contributed by atoms with Gasteiger partial charge in [0.25, 0.3) is 5.79 Å². The summed E-state index contributed by atoms with van der Waals surface area (Å²) < 4.78 is 11.2. The Morgan fingerprint density at radius 1 is 1.17 bits per heavy atom. The maximum atomic E-state index is 12.4. The smallest absolute Gasteiger partial charge is 0.336 e. The molecule has 1 aliphatic rings. The van der Waals surface area contributed by atoms with Crippen LogP contribution < -0.4 is 0 Å². The molecule has 3 N–H and O–H groups in total. The number of cyclic esters (lactones) is 1. The summed E-state index contributed by atoms with van der Waals surface area (Å²) in [6, 6.07) is 4.03.